The first-order chi connectivity index (χ1) is 16.5. The van der Waals surface area contributed by atoms with Gasteiger partial charge < -0.3 is 15.5 Å². The highest BCUT2D eigenvalue weighted by Crippen LogP contribution is 2.33. The lowest BCUT2D eigenvalue weighted by molar-refractivity contribution is 0.101. The Morgan fingerprint density at radius 3 is 2.47 bits per heavy atom. The van der Waals surface area contributed by atoms with Gasteiger partial charge in [0.25, 0.3) is 0 Å². The average molecular weight is 457 g/mol. The number of hydrogen-bond donors (Lipinski definition) is 2. The van der Waals surface area contributed by atoms with Crippen molar-refractivity contribution in [3.8, 4) is 11.1 Å². The number of piperazine rings is 1. The highest BCUT2D eigenvalue weighted by molar-refractivity contribution is 6.08. The number of carbonyl (C=O) groups is 1. The maximum atomic E-state index is 14.0. The van der Waals surface area contributed by atoms with Crippen LogP contribution < -0.4 is 15.5 Å². The van der Waals surface area contributed by atoms with Crippen LogP contribution in [0.3, 0.4) is 0 Å². The normalized spacial score (nSPS) is 13.8. The molecule has 2 aromatic heterocycles. The van der Waals surface area contributed by atoms with Crippen LogP contribution in [-0.4, -0.2) is 46.9 Å². The van der Waals surface area contributed by atoms with E-state index < -0.39 is 0 Å². The summed E-state index contributed by atoms with van der Waals surface area (Å²) in [6.45, 7) is 6.90. The van der Waals surface area contributed by atoms with Gasteiger partial charge in [-0.1, -0.05) is 12.1 Å². The molecule has 8 heteroatoms. The van der Waals surface area contributed by atoms with E-state index in [0.717, 1.165) is 53.8 Å². The number of nitrogens with one attached hydrogen (secondary N) is 2. The van der Waals surface area contributed by atoms with Gasteiger partial charge in [0.15, 0.2) is 5.78 Å². The van der Waals surface area contributed by atoms with Gasteiger partial charge in [-0.25, -0.2) is 14.4 Å². The summed E-state index contributed by atoms with van der Waals surface area (Å²) in [5.74, 6) is 0.287. The van der Waals surface area contributed by atoms with Gasteiger partial charge in [-0.15, -0.1) is 0 Å². The van der Waals surface area contributed by atoms with Gasteiger partial charge in [0, 0.05) is 37.8 Å². The summed E-state index contributed by atoms with van der Waals surface area (Å²) in [7, 11) is 0. The molecule has 0 amide bonds. The van der Waals surface area contributed by atoms with Crippen LogP contribution in [-0.2, 0) is 0 Å². The van der Waals surface area contributed by atoms with Crippen LogP contribution in [0.5, 0.6) is 0 Å². The average Bonchev–Trinajstić information content (AvgIpc) is 2.84. The summed E-state index contributed by atoms with van der Waals surface area (Å²) in [4.78, 5) is 28.1. The Labute approximate surface area is 197 Å². The number of benzene rings is 2. The highest BCUT2D eigenvalue weighted by Gasteiger charge is 2.16. The molecule has 1 saturated heterocycles. The number of aryl methyl sites for hydroxylation is 1. The number of fused-ring (bicyclic) bond motifs is 1. The number of Topliss-reactive ketones (excluding diaryl/α,β-unsaturated/α-hetero) is 1. The highest BCUT2D eigenvalue weighted by atomic mass is 19.1. The number of pyridine rings is 1. The van der Waals surface area contributed by atoms with Crippen molar-refractivity contribution < 1.29 is 9.18 Å². The third-order valence-corrected chi connectivity index (χ3v) is 5.93. The minimum atomic E-state index is -0.286. The third kappa shape index (κ3) is 4.45. The van der Waals surface area contributed by atoms with Gasteiger partial charge in [0.2, 0.25) is 5.95 Å². The van der Waals surface area contributed by atoms with Gasteiger partial charge in [-0.05, 0) is 54.8 Å². The van der Waals surface area contributed by atoms with Crippen molar-refractivity contribution in [2.75, 3.05) is 36.4 Å². The zero-order chi connectivity index (χ0) is 23.7. The molecular formula is C26H25FN6O. The number of halogens is 1. The van der Waals surface area contributed by atoms with Gasteiger partial charge in [0.1, 0.15) is 5.82 Å². The van der Waals surface area contributed by atoms with E-state index in [1.165, 1.54) is 19.1 Å². The summed E-state index contributed by atoms with van der Waals surface area (Å²) < 4.78 is 14.0. The molecule has 2 aromatic carbocycles. The fourth-order valence-electron chi connectivity index (χ4n) is 4.23. The summed E-state index contributed by atoms with van der Waals surface area (Å²) >= 11 is 0. The molecular weight excluding hydrogens is 431 g/mol. The molecule has 1 aliphatic heterocycles. The number of aromatic nitrogens is 3. The van der Waals surface area contributed by atoms with E-state index in [0.29, 0.717) is 22.9 Å². The van der Waals surface area contributed by atoms with Gasteiger partial charge >= 0.3 is 0 Å². The smallest absolute Gasteiger partial charge is 0.225 e. The summed E-state index contributed by atoms with van der Waals surface area (Å²) in [6, 6.07) is 10.7. The summed E-state index contributed by atoms with van der Waals surface area (Å²) in [5.41, 5.74) is 4.93. The second kappa shape index (κ2) is 9.15. The van der Waals surface area contributed by atoms with E-state index in [4.69, 9.17) is 0 Å². The molecule has 2 N–H and O–H groups in total. The molecule has 0 atom stereocenters. The number of carbonyl (C=O) groups excluding carboxylic acids is 1. The zero-order valence-corrected chi connectivity index (χ0v) is 19.1. The number of ketones is 1. The molecule has 0 radical (unpaired) electrons. The van der Waals surface area contributed by atoms with Crippen LogP contribution >= 0.6 is 0 Å². The van der Waals surface area contributed by atoms with E-state index in [-0.39, 0.29) is 11.6 Å². The Balaban J connectivity index is 1.55. The number of anilines is 3. The monoisotopic (exact) mass is 456 g/mol. The molecule has 4 aromatic rings. The van der Waals surface area contributed by atoms with Crippen molar-refractivity contribution in [2.45, 2.75) is 13.8 Å². The van der Waals surface area contributed by atoms with E-state index >= 15 is 0 Å². The Bertz CT molecular complexity index is 1350. The second-order valence-corrected chi connectivity index (χ2v) is 8.49. The van der Waals surface area contributed by atoms with Crippen molar-refractivity contribution >= 4 is 34.0 Å². The maximum absolute atomic E-state index is 14.0. The molecule has 7 nitrogen and oxygen atoms in total. The molecule has 1 fully saturated rings. The predicted octanol–water partition coefficient (Wildman–Crippen LogP) is 4.50. The minimum Gasteiger partial charge on any atom is -0.352 e. The van der Waals surface area contributed by atoms with Crippen molar-refractivity contribution in [2.24, 2.45) is 0 Å². The Morgan fingerprint density at radius 1 is 1.00 bits per heavy atom. The number of hydrogen-bond acceptors (Lipinski definition) is 7. The molecule has 1 aliphatic rings. The fourth-order valence-corrected chi connectivity index (χ4v) is 4.23. The van der Waals surface area contributed by atoms with Crippen molar-refractivity contribution in [1.29, 1.82) is 0 Å². The molecule has 0 spiro atoms. The van der Waals surface area contributed by atoms with Crippen molar-refractivity contribution in [3.05, 3.63) is 71.9 Å². The van der Waals surface area contributed by atoms with E-state index in [1.807, 2.05) is 31.2 Å². The maximum Gasteiger partial charge on any atom is 0.225 e. The predicted molar refractivity (Wildman–Crippen MR) is 132 cm³/mol. The van der Waals surface area contributed by atoms with Gasteiger partial charge in [0.05, 0.1) is 34.8 Å². The SMILES string of the molecule is CC(=O)c1cnc2ccc(-c3cc(C)cc(F)c3)cc2c1Nc1cnc(N2CCNCC2)nc1. The second-order valence-electron chi connectivity index (χ2n) is 8.49. The third-order valence-electron chi connectivity index (χ3n) is 5.93. The lowest BCUT2D eigenvalue weighted by atomic mass is 9.99. The van der Waals surface area contributed by atoms with E-state index in [2.05, 4.69) is 30.5 Å². The van der Waals surface area contributed by atoms with Gasteiger partial charge in [-0.2, -0.15) is 0 Å². The van der Waals surface area contributed by atoms with Crippen molar-refractivity contribution in [3.63, 3.8) is 0 Å². The quantitative estimate of drug-likeness (QED) is 0.428. The molecule has 0 saturated carbocycles. The molecule has 0 unspecified atom stereocenters. The molecule has 5 rings (SSSR count). The summed E-state index contributed by atoms with van der Waals surface area (Å²) in [5, 5.41) is 7.42. The lowest BCUT2D eigenvalue weighted by Gasteiger charge is -2.27. The topological polar surface area (TPSA) is 83.0 Å². The Hall–Kier alpha value is -3.91. The molecule has 0 aliphatic carbocycles. The molecule has 0 bridgehead atoms. The summed E-state index contributed by atoms with van der Waals surface area (Å²) in [6.07, 6.45) is 5.02. The Morgan fingerprint density at radius 2 is 1.76 bits per heavy atom. The standard InChI is InChI=1S/C26H25FN6O/c1-16-9-19(11-20(27)10-16)18-3-4-24-22(12-18)25(23(15-29-24)17(2)34)32-21-13-30-26(31-14-21)33-7-5-28-6-8-33/h3-4,9-15,28H,5-8H2,1-2H3,(H,29,32). The number of nitrogens with zero attached hydrogens (tertiary/aromatic N) is 4. The zero-order valence-electron chi connectivity index (χ0n) is 19.1. The van der Waals surface area contributed by atoms with Crippen LogP contribution in [0.25, 0.3) is 22.0 Å². The minimum absolute atomic E-state index is 0.109. The largest absolute Gasteiger partial charge is 0.352 e. The molecule has 172 valence electrons. The Kier molecular flexibility index (Phi) is 5.90. The number of rotatable bonds is 5. The van der Waals surface area contributed by atoms with E-state index in [1.54, 1.807) is 18.6 Å². The molecule has 34 heavy (non-hydrogen) atoms. The van der Waals surface area contributed by atoms with Crippen LogP contribution in [0.1, 0.15) is 22.8 Å². The van der Waals surface area contributed by atoms with Crippen LogP contribution in [0.15, 0.2) is 55.0 Å². The van der Waals surface area contributed by atoms with Crippen molar-refractivity contribution in [1.82, 2.24) is 20.3 Å². The van der Waals surface area contributed by atoms with E-state index in [9.17, 15) is 9.18 Å². The first kappa shape index (κ1) is 21.9. The van der Waals surface area contributed by atoms with Crippen LogP contribution in [0, 0.1) is 12.7 Å². The first-order valence-electron chi connectivity index (χ1n) is 11.2. The van der Waals surface area contributed by atoms with Crippen LogP contribution in [0.4, 0.5) is 21.7 Å². The first-order valence-corrected chi connectivity index (χ1v) is 11.2. The lowest BCUT2D eigenvalue weighted by Crippen LogP contribution is -2.44. The molecule has 3 heterocycles. The van der Waals surface area contributed by atoms with Gasteiger partial charge in [-0.3, -0.25) is 9.78 Å². The fraction of sp³-hybridized carbons (Fsp3) is 0.231. The van der Waals surface area contributed by atoms with Crippen LogP contribution in [0.2, 0.25) is 0 Å².